The minimum absolute atomic E-state index is 0.952. The van der Waals surface area contributed by atoms with Gasteiger partial charge in [-0.15, -0.1) is 11.3 Å². The molecule has 0 nitrogen and oxygen atoms in total. The highest BCUT2D eigenvalue weighted by Gasteiger charge is 2.08. The number of rotatable bonds is 10. The molecule has 1 unspecified atom stereocenters. The summed E-state index contributed by atoms with van der Waals surface area (Å²) in [6.45, 7) is 6.90. The van der Waals surface area contributed by atoms with Crippen LogP contribution in [0.1, 0.15) is 75.7 Å². The van der Waals surface area contributed by atoms with Crippen LogP contribution < -0.4 is 0 Å². The van der Waals surface area contributed by atoms with Gasteiger partial charge in [0.15, 0.2) is 0 Å². The highest BCUT2D eigenvalue weighted by atomic mass is 32.1. The molecule has 1 atom stereocenters. The van der Waals surface area contributed by atoms with Gasteiger partial charge >= 0.3 is 0 Å². The van der Waals surface area contributed by atoms with Crippen LogP contribution in [-0.2, 0) is 6.42 Å². The van der Waals surface area contributed by atoms with Crippen molar-refractivity contribution in [3.8, 4) is 0 Å². The lowest BCUT2D eigenvalue weighted by molar-refractivity contribution is 0.413. The lowest BCUT2D eigenvalue weighted by Crippen LogP contribution is -2.01. The minimum Gasteiger partial charge on any atom is -0.149 e. The van der Waals surface area contributed by atoms with Gasteiger partial charge in [0.2, 0.25) is 0 Å². The SMILES string of the molecule is CCCCCCCC(CC)CCc1sccc1C. The van der Waals surface area contributed by atoms with Crippen LogP contribution in [0.3, 0.4) is 0 Å². The van der Waals surface area contributed by atoms with E-state index in [0.717, 1.165) is 5.92 Å². The van der Waals surface area contributed by atoms with Gasteiger partial charge in [-0.25, -0.2) is 0 Å². The Morgan fingerprint density at radius 3 is 2.44 bits per heavy atom. The van der Waals surface area contributed by atoms with Crippen LogP contribution in [0.2, 0.25) is 0 Å². The summed E-state index contributed by atoms with van der Waals surface area (Å²) >= 11 is 1.94. The van der Waals surface area contributed by atoms with Crippen molar-refractivity contribution in [3.63, 3.8) is 0 Å². The molecule has 0 amide bonds. The van der Waals surface area contributed by atoms with E-state index in [0.29, 0.717) is 0 Å². The zero-order valence-electron chi connectivity index (χ0n) is 12.5. The smallest absolute Gasteiger partial charge is 0.00745 e. The number of thiophene rings is 1. The summed E-state index contributed by atoms with van der Waals surface area (Å²) in [5.74, 6) is 0.952. The normalized spacial score (nSPS) is 12.8. The first kappa shape index (κ1) is 15.8. The van der Waals surface area contributed by atoms with E-state index in [1.165, 1.54) is 63.4 Å². The van der Waals surface area contributed by atoms with E-state index < -0.39 is 0 Å². The van der Waals surface area contributed by atoms with E-state index in [9.17, 15) is 0 Å². The third-order valence-corrected chi connectivity index (χ3v) is 5.12. The first-order valence-corrected chi connectivity index (χ1v) is 8.68. The zero-order chi connectivity index (χ0) is 13.2. The van der Waals surface area contributed by atoms with Crippen molar-refractivity contribution in [3.05, 3.63) is 21.9 Å². The maximum Gasteiger partial charge on any atom is 0.00745 e. The molecule has 1 aromatic rings. The van der Waals surface area contributed by atoms with Gasteiger partial charge < -0.3 is 0 Å². The Bertz CT molecular complexity index is 300. The predicted molar refractivity (Wildman–Crippen MR) is 84.5 cm³/mol. The Balaban J connectivity index is 2.15. The number of hydrogen-bond donors (Lipinski definition) is 0. The van der Waals surface area contributed by atoms with Gasteiger partial charge in [-0.2, -0.15) is 0 Å². The standard InChI is InChI=1S/C17H30S/c1-4-6-7-8-9-10-16(5-2)11-12-17-15(3)13-14-18-17/h13-14,16H,4-12H2,1-3H3. The summed E-state index contributed by atoms with van der Waals surface area (Å²) in [6.07, 6.45) is 12.6. The fourth-order valence-corrected chi connectivity index (χ4v) is 3.51. The molecule has 0 spiro atoms. The lowest BCUT2D eigenvalue weighted by Gasteiger charge is -2.14. The topological polar surface area (TPSA) is 0 Å². The molecule has 18 heavy (non-hydrogen) atoms. The second-order valence-corrected chi connectivity index (χ2v) is 6.54. The van der Waals surface area contributed by atoms with Gasteiger partial charge in [0.25, 0.3) is 0 Å². The van der Waals surface area contributed by atoms with E-state index in [-0.39, 0.29) is 0 Å². The predicted octanol–water partition coefficient (Wildman–Crippen LogP) is 6.38. The summed E-state index contributed by atoms with van der Waals surface area (Å²) in [5.41, 5.74) is 1.50. The van der Waals surface area contributed by atoms with Crippen molar-refractivity contribution < 1.29 is 0 Å². The number of unbranched alkanes of at least 4 members (excludes halogenated alkanes) is 4. The molecule has 0 N–H and O–H groups in total. The van der Waals surface area contributed by atoms with Crippen LogP contribution in [0.4, 0.5) is 0 Å². The highest BCUT2D eigenvalue weighted by molar-refractivity contribution is 7.10. The molecule has 0 fully saturated rings. The fourth-order valence-electron chi connectivity index (χ4n) is 2.58. The molecule has 0 radical (unpaired) electrons. The molecule has 1 rings (SSSR count). The fraction of sp³-hybridized carbons (Fsp3) is 0.765. The summed E-state index contributed by atoms with van der Waals surface area (Å²) in [6, 6.07) is 2.26. The first-order valence-electron chi connectivity index (χ1n) is 7.80. The van der Waals surface area contributed by atoms with Gasteiger partial charge in [-0.3, -0.25) is 0 Å². The van der Waals surface area contributed by atoms with E-state index in [1.54, 1.807) is 4.88 Å². The quantitative estimate of drug-likeness (QED) is 0.431. The molecular weight excluding hydrogens is 236 g/mol. The highest BCUT2D eigenvalue weighted by Crippen LogP contribution is 2.24. The van der Waals surface area contributed by atoms with E-state index >= 15 is 0 Å². The molecule has 0 aromatic carbocycles. The van der Waals surface area contributed by atoms with Crippen LogP contribution in [0.15, 0.2) is 11.4 Å². The van der Waals surface area contributed by atoms with Gasteiger partial charge in [-0.1, -0.05) is 58.8 Å². The van der Waals surface area contributed by atoms with E-state index in [1.807, 2.05) is 11.3 Å². The Hall–Kier alpha value is -0.300. The summed E-state index contributed by atoms with van der Waals surface area (Å²) in [7, 11) is 0. The molecular formula is C17H30S. The molecule has 0 saturated heterocycles. The molecule has 0 aliphatic rings. The Labute approximate surface area is 118 Å². The van der Waals surface area contributed by atoms with Crippen LogP contribution in [0.25, 0.3) is 0 Å². The van der Waals surface area contributed by atoms with Crippen LogP contribution in [0, 0.1) is 12.8 Å². The molecule has 104 valence electrons. The second kappa shape index (κ2) is 9.61. The second-order valence-electron chi connectivity index (χ2n) is 5.54. The molecule has 0 saturated carbocycles. The van der Waals surface area contributed by atoms with E-state index in [2.05, 4.69) is 32.2 Å². The number of aryl methyl sites for hydroxylation is 2. The lowest BCUT2D eigenvalue weighted by atomic mass is 9.93. The van der Waals surface area contributed by atoms with Crippen molar-refractivity contribution in [2.45, 2.75) is 78.6 Å². The van der Waals surface area contributed by atoms with Gasteiger partial charge in [0.05, 0.1) is 0 Å². The Morgan fingerprint density at radius 1 is 1.06 bits per heavy atom. The molecule has 0 bridgehead atoms. The number of hydrogen-bond acceptors (Lipinski definition) is 1. The van der Waals surface area contributed by atoms with Crippen molar-refractivity contribution in [2.24, 2.45) is 5.92 Å². The summed E-state index contributed by atoms with van der Waals surface area (Å²) in [5, 5.41) is 2.23. The van der Waals surface area contributed by atoms with Crippen molar-refractivity contribution in [2.75, 3.05) is 0 Å². The molecule has 0 aliphatic heterocycles. The molecule has 1 aromatic heterocycles. The van der Waals surface area contributed by atoms with Gasteiger partial charge in [0, 0.05) is 4.88 Å². The maximum absolute atomic E-state index is 2.36. The van der Waals surface area contributed by atoms with Gasteiger partial charge in [-0.05, 0) is 42.7 Å². The maximum atomic E-state index is 2.36. The zero-order valence-corrected chi connectivity index (χ0v) is 13.3. The third-order valence-electron chi connectivity index (χ3n) is 4.04. The monoisotopic (exact) mass is 266 g/mol. The Morgan fingerprint density at radius 2 is 1.83 bits per heavy atom. The largest absolute Gasteiger partial charge is 0.149 e. The van der Waals surface area contributed by atoms with Crippen molar-refractivity contribution in [1.82, 2.24) is 0 Å². The molecule has 0 aliphatic carbocycles. The van der Waals surface area contributed by atoms with Crippen LogP contribution in [-0.4, -0.2) is 0 Å². The summed E-state index contributed by atoms with van der Waals surface area (Å²) in [4.78, 5) is 1.61. The first-order chi connectivity index (χ1) is 8.77. The average Bonchev–Trinajstić information content (AvgIpc) is 2.78. The Kier molecular flexibility index (Phi) is 8.41. The van der Waals surface area contributed by atoms with Crippen molar-refractivity contribution in [1.29, 1.82) is 0 Å². The van der Waals surface area contributed by atoms with Crippen LogP contribution in [0.5, 0.6) is 0 Å². The van der Waals surface area contributed by atoms with Crippen molar-refractivity contribution >= 4 is 11.3 Å². The van der Waals surface area contributed by atoms with E-state index in [4.69, 9.17) is 0 Å². The van der Waals surface area contributed by atoms with Crippen LogP contribution >= 0.6 is 11.3 Å². The average molecular weight is 266 g/mol. The molecule has 1 heteroatoms. The third kappa shape index (κ3) is 6.04. The minimum atomic E-state index is 0.952. The molecule has 1 heterocycles. The summed E-state index contributed by atoms with van der Waals surface area (Å²) < 4.78 is 0. The van der Waals surface area contributed by atoms with Gasteiger partial charge in [0.1, 0.15) is 0 Å².